The lowest BCUT2D eigenvalue weighted by Crippen LogP contribution is -2.33. The number of fused-ring (bicyclic) bond motifs is 1. The third kappa shape index (κ3) is 1.76. The lowest BCUT2D eigenvalue weighted by molar-refractivity contribution is 0.409. The van der Waals surface area contributed by atoms with Crippen molar-refractivity contribution in [3.63, 3.8) is 0 Å². The van der Waals surface area contributed by atoms with E-state index in [1.165, 1.54) is 17.1 Å². The van der Waals surface area contributed by atoms with Gasteiger partial charge >= 0.3 is 0 Å². The van der Waals surface area contributed by atoms with Crippen LogP contribution in [0.2, 0.25) is 0 Å². The fourth-order valence-electron chi connectivity index (χ4n) is 2.68. The van der Waals surface area contributed by atoms with Crippen LogP contribution in [-0.2, 0) is 6.54 Å². The molecule has 0 aliphatic carbocycles. The molecule has 1 aromatic heterocycles. The summed E-state index contributed by atoms with van der Waals surface area (Å²) in [6.45, 7) is 3.08. The van der Waals surface area contributed by atoms with Crippen molar-refractivity contribution < 1.29 is 0 Å². The zero-order valence-electron chi connectivity index (χ0n) is 10.0. The molecule has 88 valence electrons. The molecule has 3 heteroatoms. The third-order valence-electron chi connectivity index (χ3n) is 3.47. The Morgan fingerprint density at radius 2 is 2.06 bits per heavy atom. The van der Waals surface area contributed by atoms with Gasteiger partial charge in [0, 0.05) is 18.5 Å². The molecular weight excluding hydrogens is 210 g/mol. The molecule has 3 nitrogen and oxygen atoms in total. The standard InChI is InChI=1S/C14H17N3/c1-10-7-12(15)9-17-13(8-16-14(10)17)11-5-3-2-4-6-11/h2-6,8,10,12H,7,9,15H2,1H3. The first-order valence-electron chi connectivity index (χ1n) is 6.12. The Morgan fingerprint density at radius 3 is 2.82 bits per heavy atom. The van der Waals surface area contributed by atoms with Gasteiger partial charge in [-0.25, -0.2) is 4.98 Å². The predicted molar refractivity (Wildman–Crippen MR) is 68.7 cm³/mol. The molecule has 2 N–H and O–H groups in total. The summed E-state index contributed by atoms with van der Waals surface area (Å²) < 4.78 is 2.27. The van der Waals surface area contributed by atoms with E-state index < -0.39 is 0 Å². The second-order valence-corrected chi connectivity index (χ2v) is 4.88. The van der Waals surface area contributed by atoms with Crippen LogP contribution >= 0.6 is 0 Å². The molecule has 3 rings (SSSR count). The van der Waals surface area contributed by atoms with E-state index >= 15 is 0 Å². The maximum Gasteiger partial charge on any atom is 0.112 e. The molecule has 1 aliphatic heterocycles. The van der Waals surface area contributed by atoms with E-state index in [1.807, 2.05) is 12.3 Å². The first kappa shape index (κ1) is 10.5. The number of benzene rings is 1. The quantitative estimate of drug-likeness (QED) is 0.813. The van der Waals surface area contributed by atoms with Crippen molar-refractivity contribution in [1.82, 2.24) is 9.55 Å². The predicted octanol–water partition coefficient (Wildman–Crippen LogP) is 2.38. The molecule has 0 saturated heterocycles. The van der Waals surface area contributed by atoms with Crippen LogP contribution in [0.15, 0.2) is 36.5 Å². The van der Waals surface area contributed by atoms with E-state index in [9.17, 15) is 0 Å². The van der Waals surface area contributed by atoms with E-state index in [-0.39, 0.29) is 6.04 Å². The monoisotopic (exact) mass is 227 g/mol. The SMILES string of the molecule is CC1CC(N)Cn2c(-c3ccccc3)cnc21. The lowest BCUT2D eigenvalue weighted by Gasteiger charge is -2.26. The molecule has 0 saturated carbocycles. The highest BCUT2D eigenvalue weighted by atomic mass is 15.1. The van der Waals surface area contributed by atoms with Crippen LogP contribution in [0.1, 0.15) is 25.1 Å². The van der Waals surface area contributed by atoms with Gasteiger partial charge in [0.05, 0.1) is 11.9 Å². The average molecular weight is 227 g/mol. The van der Waals surface area contributed by atoms with E-state index in [0.717, 1.165) is 13.0 Å². The van der Waals surface area contributed by atoms with Crippen molar-refractivity contribution in [1.29, 1.82) is 0 Å². The van der Waals surface area contributed by atoms with Crippen molar-refractivity contribution >= 4 is 0 Å². The number of nitrogens with zero attached hydrogens (tertiary/aromatic N) is 2. The summed E-state index contributed by atoms with van der Waals surface area (Å²) in [6.07, 6.45) is 3.00. The number of imidazole rings is 1. The normalized spacial score (nSPS) is 23.4. The Morgan fingerprint density at radius 1 is 1.29 bits per heavy atom. The van der Waals surface area contributed by atoms with Crippen LogP contribution in [0, 0.1) is 0 Å². The largest absolute Gasteiger partial charge is 0.326 e. The van der Waals surface area contributed by atoms with Gasteiger partial charge in [0.1, 0.15) is 5.82 Å². The van der Waals surface area contributed by atoms with Gasteiger partial charge in [-0.1, -0.05) is 37.3 Å². The van der Waals surface area contributed by atoms with E-state index in [2.05, 4.69) is 40.7 Å². The van der Waals surface area contributed by atoms with Crippen LogP contribution in [0.3, 0.4) is 0 Å². The van der Waals surface area contributed by atoms with Crippen LogP contribution in [0.25, 0.3) is 11.3 Å². The summed E-state index contributed by atoms with van der Waals surface area (Å²) in [4.78, 5) is 4.56. The maximum absolute atomic E-state index is 6.10. The van der Waals surface area contributed by atoms with Crippen molar-refractivity contribution in [2.75, 3.05) is 0 Å². The Labute approximate surface area is 101 Å². The summed E-state index contributed by atoms with van der Waals surface area (Å²) in [7, 11) is 0. The van der Waals surface area contributed by atoms with Crippen LogP contribution in [0.5, 0.6) is 0 Å². The van der Waals surface area contributed by atoms with Gasteiger partial charge in [-0.2, -0.15) is 0 Å². The van der Waals surface area contributed by atoms with Crippen LogP contribution in [0.4, 0.5) is 0 Å². The third-order valence-corrected chi connectivity index (χ3v) is 3.47. The molecule has 0 radical (unpaired) electrons. The second kappa shape index (κ2) is 4.00. The average Bonchev–Trinajstić information content (AvgIpc) is 2.74. The summed E-state index contributed by atoms with van der Waals surface area (Å²) in [5, 5.41) is 0. The number of aromatic nitrogens is 2. The highest BCUT2D eigenvalue weighted by molar-refractivity contribution is 5.59. The number of hydrogen-bond donors (Lipinski definition) is 1. The van der Waals surface area contributed by atoms with Crippen LogP contribution < -0.4 is 5.73 Å². The molecule has 0 fully saturated rings. The second-order valence-electron chi connectivity index (χ2n) is 4.88. The molecular formula is C14H17N3. The summed E-state index contributed by atoms with van der Waals surface area (Å²) in [5.74, 6) is 1.63. The highest BCUT2D eigenvalue weighted by Crippen LogP contribution is 2.30. The van der Waals surface area contributed by atoms with Crippen molar-refractivity contribution in [3.05, 3.63) is 42.4 Å². The molecule has 2 heterocycles. The molecule has 1 aromatic carbocycles. The summed E-state index contributed by atoms with van der Waals surface area (Å²) in [6, 6.07) is 10.6. The van der Waals surface area contributed by atoms with Crippen molar-refractivity contribution in [2.24, 2.45) is 5.73 Å². The highest BCUT2D eigenvalue weighted by Gasteiger charge is 2.25. The number of rotatable bonds is 1. The maximum atomic E-state index is 6.10. The Kier molecular flexibility index (Phi) is 2.48. The minimum atomic E-state index is 0.245. The number of hydrogen-bond acceptors (Lipinski definition) is 2. The Bertz CT molecular complexity index is 516. The zero-order chi connectivity index (χ0) is 11.8. The van der Waals surface area contributed by atoms with Crippen molar-refractivity contribution in [2.45, 2.75) is 31.8 Å². The van der Waals surface area contributed by atoms with Crippen LogP contribution in [-0.4, -0.2) is 15.6 Å². The smallest absolute Gasteiger partial charge is 0.112 e. The first-order chi connectivity index (χ1) is 8.25. The summed E-state index contributed by atoms with van der Waals surface area (Å²) >= 11 is 0. The van der Waals surface area contributed by atoms with E-state index in [0.29, 0.717) is 5.92 Å². The van der Waals surface area contributed by atoms with Gasteiger partial charge in [0.25, 0.3) is 0 Å². The van der Waals surface area contributed by atoms with Crippen molar-refractivity contribution in [3.8, 4) is 11.3 Å². The minimum absolute atomic E-state index is 0.245. The fraction of sp³-hybridized carbons (Fsp3) is 0.357. The molecule has 0 bridgehead atoms. The van der Waals surface area contributed by atoms with Gasteiger partial charge in [0.15, 0.2) is 0 Å². The van der Waals surface area contributed by atoms with Gasteiger partial charge in [-0.15, -0.1) is 0 Å². The molecule has 0 spiro atoms. The zero-order valence-corrected chi connectivity index (χ0v) is 10.0. The topological polar surface area (TPSA) is 43.8 Å². The molecule has 17 heavy (non-hydrogen) atoms. The molecule has 2 atom stereocenters. The summed E-state index contributed by atoms with van der Waals surface area (Å²) in [5.41, 5.74) is 8.50. The number of nitrogens with two attached hydrogens (primary N) is 1. The Hall–Kier alpha value is -1.61. The van der Waals surface area contributed by atoms with Gasteiger partial charge < -0.3 is 10.3 Å². The Balaban J connectivity index is 2.09. The molecule has 1 aliphatic rings. The van der Waals surface area contributed by atoms with Gasteiger partial charge in [0.2, 0.25) is 0 Å². The fourth-order valence-corrected chi connectivity index (χ4v) is 2.68. The van der Waals surface area contributed by atoms with Gasteiger partial charge in [-0.3, -0.25) is 0 Å². The lowest BCUT2D eigenvalue weighted by atomic mass is 9.97. The van der Waals surface area contributed by atoms with E-state index in [1.54, 1.807) is 0 Å². The van der Waals surface area contributed by atoms with Gasteiger partial charge in [-0.05, 0) is 12.0 Å². The molecule has 0 amide bonds. The minimum Gasteiger partial charge on any atom is -0.326 e. The first-order valence-corrected chi connectivity index (χ1v) is 6.12. The molecule has 2 aromatic rings. The van der Waals surface area contributed by atoms with E-state index in [4.69, 9.17) is 5.73 Å². The molecule has 2 unspecified atom stereocenters.